The van der Waals surface area contributed by atoms with E-state index in [4.69, 9.17) is 16.3 Å². The molecule has 2 amide bonds. The molecule has 0 aromatic heterocycles. The number of halogens is 1. The normalized spacial score (nSPS) is 11.4. The lowest BCUT2D eigenvalue weighted by Crippen LogP contribution is -2.39. The van der Waals surface area contributed by atoms with Crippen LogP contribution in [-0.4, -0.2) is 50.0 Å². The molecule has 0 unspecified atom stereocenters. The summed E-state index contributed by atoms with van der Waals surface area (Å²) in [5.41, 5.74) is 1.03. The molecule has 0 radical (unpaired) electrons. The van der Waals surface area contributed by atoms with Gasteiger partial charge >= 0.3 is 0 Å². The topological polar surface area (TPSA) is 70.7 Å². The Morgan fingerprint density at radius 1 is 1.03 bits per heavy atom. The molecule has 0 bridgehead atoms. The summed E-state index contributed by atoms with van der Waals surface area (Å²) in [6.07, 6.45) is 1.28. The number of hydrogen-bond donors (Lipinski definition) is 2. The Morgan fingerprint density at radius 3 is 2.21 bits per heavy atom. The van der Waals surface area contributed by atoms with Gasteiger partial charge in [-0.15, -0.1) is 0 Å². The molecule has 2 aromatic carbocycles. The van der Waals surface area contributed by atoms with Crippen LogP contribution in [0.4, 0.5) is 5.69 Å². The van der Waals surface area contributed by atoms with Crippen molar-refractivity contribution in [2.45, 2.75) is 46.0 Å². The second-order valence-corrected chi connectivity index (χ2v) is 8.33. The van der Waals surface area contributed by atoms with Gasteiger partial charge in [0, 0.05) is 19.2 Å². The first kappa shape index (κ1) is 26.7. The van der Waals surface area contributed by atoms with Crippen LogP contribution in [0.5, 0.6) is 5.75 Å². The van der Waals surface area contributed by atoms with E-state index in [2.05, 4.69) is 29.4 Å². The number of likely N-dealkylation sites (N-methyl/N-ethyl adjacent to an activating group) is 1. The Morgan fingerprint density at radius 2 is 1.67 bits per heavy atom. The predicted molar refractivity (Wildman–Crippen MR) is 135 cm³/mol. The first-order valence-electron chi connectivity index (χ1n) is 11.6. The third-order valence-corrected chi connectivity index (χ3v) is 6.67. The number of nitrogens with one attached hydrogen (secondary N) is 2. The zero-order valence-electron chi connectivity index (χ0n) is 20.3. The number of benzene rings is 2. The molecule has 0 aliphatic carbocycles. The number of anilines is 1. The first-order chi connectivity index (χ1) is 15.9. The summed E-state index contributed by atoms with van der Waals surface area (Å²) in [5.74, 6) is -0.0491. The van der Waals surface area contributed by atoms with Crippen LogP contribution in [0, 0.1) is 0 Å². The minimum absolute atomic E-state index is 0.140. The molecule has 0 aliphatic heterocycles. The van der Waals surface area contributed by atoms with Crippen molar-refractivity contribution in [3.63, 3.8) is 0 Å². The van der Waals surface area contributed by atoms with Gasteiger partial charge in [-0.2, -0.15) is 0 Å². The average Bonchev–Trinajstić information content (AvgIpc) is 2.84. The lowest BCUT2D eigenvalue weighted by molar-refractivity contribution is -0.121. The van der Waals surface area contributed by atoms with Crippen molar-refractivity contribution in [2.75, 3.05) is 38.6 Å². The van der Waals surface area contributed by atoms with Crippen molar-refractivity contribution in [2.24, 2.45) is 0 Å². The number of hydrogen-bond acceptors (Lipinski definition) is 4. The molecule has 0 fully saturated rings. The summed E-state index contributed by atoms with van der Waals surface area (Å²) in [6, 6.07) is 12.9. The molecule has 33 heavy (non-hydrogen) atoms. The van der Waals surface area contributed by atoms with E-state index >= 15 is 0 Å². The number of ether oxygens (including phenoxy) is 1. The van der Waals surface area contributed by atoms with E-state index in [1.54, 1.807) is 12.1 Å². The molecular weight excluding hydrogens is 438 g/mol. The molecule has 0 saturated heterocycles. The van der Waals surface area contributed by atoms with Crippen LogP contribution in [0.15, 0.2) is 42.5 Å². The van der Waals surface area contributed by atoms with E-state index in [9.17, 15) is 9.59 Å². The second kappa shape index (κ2) is 12.6. The third kappa shape index (κ3) is 6.27. The molecule has 0 saturated carbocycles. The van der Waals surface area contributed by atoms with Crippen LogP contribution < -0.4 is 15.4 Å². The molecule has 0 atom stereocenters. The second-order valence-electron chi connectivity index (χ2n) is 7.92. The van der Waals surface area contributed by atoms with Crippen LogP contribution in [0.25, 0.3) is 0 Å². The highest BCUT2D eigenvalue weighted by atomic mass is 35.5. The number of carbonyl (C=O) groups is 2. The Kier molecular flexibility index (Phi) is 10.2. The van der Waals surface area contributed by atoms with Gasteiger partial charge in [-0.25, -0.2) is 0 Å². The van der Waals surface area contributed by atoms with E-state index in [0.29, 0.717) is 36.4 Å². The van der Waals surface area contributed by atoms with E-state index in [-0.39, 0.29) is 16.8 Å². The van der Waals surface area contributed by atoms with Crippen molar-refractivity contribution in [3.05, 3.63) is 58.6 Å². The molecule has 0 spiro atoms. The van der Waals surface area contributed by atoms with Gasteiger partial charge in [0.15, 0.2) is 0 Å². The number of rotatable bonds is 12. The lowest BCUT2D eigenvalue weighted by Gasteiger charge is -2.31. The monoisotopic (exact) mass is 473 g/mol. The van der Waals surface area contributed by atoms with Crippen LogP contribution in [0.3, 0.4) is 0 Å². The molecule has 2 rings (SSSR count). The molecule has 0 aliphatic rings. The molecule has 180 valence electrons. The van der Waals surface area contributed by atoms with Crippen LogP contribution >= 0.6 is 11.6 Å². The van der Waals surface area contributed by atoms with Crippen molar-refractivity contribution in [1.29, 1.82) is 0 Å². The van der Waals surface area contributed by atoms with Gasteiger partial charge in [0.05, 0.1) is 28.8 Å². The highest BCUT2D eigenvalue weighted by Crippen LogP contribution is 2.36. The first-order valence-corrected chi connectivity index (χ1v) is 12.0. The fourth-order valence-corrected chi connectivity index (χ4v) is 4.28. The summed E-state index contributed by atoms with van der Waals surface area (Å²) >= 11 is 6.50. The van der Waals surface area contributed by atoms with Gasteiger partial charge in [0.25, 0.3) is 5.91 Å². The largest absolute Gasteiger partial charge is 0.496 e. The van der Waals surface area contributed by atoms with Crippen molar-refractivity contribution < 1.29 is 14.3 Å². The number of methoxy groups -OCH3 is 1. The zero-order valence-corrected chi connectivity index (χ0v) is 21.1. The lowest BCUT2D eigenvalue weighted by atomic mass is 9.75. The highest BCUT2D eigenvalue weighted by Gasteiger charge is 2.37. The van der Waals surface area contributed by atoms with Crippen LogP contribution in [0.1, 0.15) is 56.5 Å². The Balaban J connectivity index is 2.25. The van der Waals surface area contributed by atoms with Gasteiger partial charge < -0.3 is 20.3 Å². The molecular formula is C26H36ClN3O3. The van der Waals surface area contributed by atoms with Gasteiger partial charge in [0.1, 0.15) is 5.75 Å². The van der Waals surface area contributed by atoms with Crippen molar-refractivity contribution in [1.82, 2.24) is 10.2 Å². The van der Waals surface area contributed by atoms with E-state index < -0.39 is 5.41 Å². The predicted octanol–water partition coefficient (Wildman–Crippen LogP) is 5.12. The third-order valence-electron chi connectivity index (χ3n) is 6.36. The average molecular weight is 474 g/mol. The Hall–Kier alpha value is -2.57. The maximum Gasteiger partial charge on any atom is 0.255 e. The van der Waals surface area contributed by atoms with Gasteiger partial charge in [-0.1, -0.05) is 69.6 Å². The highest BCUT2D eigenvalue weighted by molar-refractivity contribution is 6.34. The fourth-order valence-electron chi connectivity index (χ4n) is 4.07. The molecule has 2 aromatic rings. The summed E-state index contributed by atoms with van der Waals surface area (Å²) in [7, 11) is 1.49. The minimum Gasteiger partial charge on any atom is -0.496 e. The molecule has 0 heterocycles. The van der Waals surface area contributed by atoms with Crippen molar-refractivity contribution >= 4 is 29.1 Å². The molecule has 6 nitrogen and oxygen atoms in total. The summed E-state index contributed by atoms with van der Waals surface area (Å²) in [6.45, 7) is 11.3. The number of carbonyl (C=O) groups excluding carboxylic acids is 2. The maximum atomic E-state index is 13.4. The quantitative estimate of drug-likeness (QED) is 0.449. The Bertz CT molecular complexity index is 926. The summed E-state index contributed by atoms with van der Waals surface area (Å²) in [5, 5.41) is 6.18. The maximum absolute atomic E-state index is 13.4. The smallest absolute Gasteiger partial charge is 0.255 e. The molecule has 2 N–H and O–H groups in total. The SMILES string of the molecule is CCN(CC)CCNC(=O)c1cc(Cl)c(NC(=O)C(CC)(CC)c2ccccc2)cc1OC. The summed E-state index contributed by atoms with van der Waals surface area (Å²) in [4.78, 5) is 28.4. The minimum atomic E-state index is -0.682. The van der Waals surface area contributed by atoms with Gasteiger partial charge in [-0.3, -0.25) is 9.59 Å². The number of nitrogens with zero attached hydrogens (tertiary/aromatic N) is 1. The van der Waals surface area contributed by atoms with Gasteiger partial charge in [0.2, 0.25) is 5.91 Å². The number of amides is 2. The van der Waals surface area contributed by atoms with Crippen LogP contribution in [0.2, 0.25) is 5.02 Å². The zero-order chi connectivity index (χ0) is 24.4. The van der Waals surface area contributed by atoms with Crippen LogP contribution in [-0.2, 0) is 10.2 Å². The standard InChI is InChI=1S/C26H36ClN3O3/c1-6-26(7-2,19-13-11-10-12-14-19)25(32)29-22-18-23(33-5)20(17-21(22)27)24(31)28-15-16-30(8-3)9-4/h10-14,17-18H,6-9,15-16H2,1-5H3,(H,28,31)(H,29,32). The van der Waals surface area contributed by atoms with Crippen molar-refractivity contribution in [3.8, 4) is 5.75 Å². The fraction of sp³-hybridized carbons (Fsp3) is 0.462. The Labute approximate surface area is 202 Å². The summed E-state index contributed by atoms with van der Waals surface area (Å²) < 4.78 is 5.46. The van der Waals surface area contributed by atoms with E-state index in [1.165, 1.54) is 7.11 Å². The molecule has 7 heteroatoms. The van der Waals surface area contributed by atoms with Gasteiger partial charge in [-0.05, 0) is 37.6 Å². The van der Waals surface area contributed by atoms with E-state index in [1.807, 2.05) is 44.2 Å². The van der Waals surface area contributed by atoms with E-state index in [0.717, 1.165) is 25.2 Å².